The molecule has 128 valence electrons. The summed E-state index contributed by atoms with van der Waals surface area (Å²) in [7, 11) is 7.90. The summed E-state index contributed by atoms with van der Waals surface area (Å²) in [5.41, 5.74) is 2.10. The van der Waals surface area contributed by atoms with Crippen molar-refractivity contribution in [2.75, 3.05) is 28.2 Å². The molecule has 1 rings (SSSR count). The van der Waals surface area contributed by atoms with Gasteiger partial charge in [0.2, 0.25) is 0 Å². The van der Waals surface area contributed by atoms with Gasteiger partial charge in [0.15, 0.2) is 0 Å². The van der Waals surface area contributed by atoms with Crippen molar-refractivity contribution in [3.8, 4) is 0 Å². The van der Waals surface area contributed by atoms with Gasteiger partial charge in [0, 0.05) is 0 Å². The fourth-order valence-corrected chi connectivity index (χ4v) is 7.78. The van der Waals surface area contributed by atoms with E-state index in [1.165, 1.54) is 13.8 Å². The molecule has 0 aromatic heterocycles. The number of carbonyl (C=O) groups excluding carboxylic acids is 2. The van der Waals surface area contributed by atoms with Gasteiger partial charge in [-0.05, 0) is 0 Å². The first-order valence-corrected chi connectivity index (χ1v) is 11.9. The Balaban J connectivity index is 3.37. The molecule has 0 fully saturated rings. The van der Waals surface area contributed by atoms with Gasteiger partial charge in [-0.3, -0.25) is 0 Å². The van der Waals surface area contributed by atoms with Gasteiger partial charge in [0.25, 0.3) is 0 Å². The van der Waals surface area contributed by atoms with E-state index in [2.05, 4.69) is 0 Å². The predicted molar refractivity (Wildman–Crippen MR) is 90.1 cm³/mol. The average molecular weight is 518 g/mol. The fraction of sp³-hybridized carbons (Fsp3) is 0.500. The van der Waals surface area contributed by atoms with E-state index < -0.39 is 34.6 Å². The third-order valence-electron chi connectivity index (χ3n) is 2.78. The van der Waals surface area contributed by atoms with Gasteiger partial charge in [0.1, 0.15) is 0 Å². The van der Waals surface area contributed by atoms with Crippen molar-refractivity contribution >= 4 is 37.8 Å². The van der Waals surface area contributed by atoms with Crippen molar-refractivity contribution in [2.24, 2.45) is 0 Å². The number of carbonyl (C=O) groups is 2. The molecule has 23 heavy (non-hydrogen) atoms. The van der Waals surface area contributed by atoms with Crippen LogP contribution in [-0.4, -0.2) is 72.6 Å². The van der Waals surface area contributed by atoms with Crippen LogP contribution in [0.4, 0.5) is 0 Å². The topological polar surface area (TPSA) is 59.1 Å². The molecule has 0 bridgehead atoms. The van der Waals surface area contributed by atoms with Crippen LogP contribution in [0.3, 0.4) is 0 Å². The van der Waals surface area contributed by atoms with E-state index in [1.54, 1.807) is 0 Å². The molecule has 7 heteroatoms. The molecule has 0 N–H and O–H groups in total. The van der Waals surface area contributed by atoms with E-state index in [-0.39, 0.29) is 0 Å². The minimum atomic E-state index is -3.42. The molecule has 0 heterocycles. The van der Waals surface area contributed by atoms with Gasteiger partial charge in [-0.25, -0.2) is 0 Å². The van der Waals surface area contributed by atoms with Gasteiger partial charge in [0.05, 0.1) is 0 Å². The molecule has 0 unspecified atom stereocenters. The minimum absolute atomic E-state index is 0.403. The van der Waals surface area contributed by atoms with Crippen LogP contribution in [0.2, 0.25) is 0 Å². The van der Waals surface area contributed by atoms with Gasteiger partial charge in [-0.1, -0.05) is 0 Å². The van der Waals surface area contributed by atoms with E-state index in [1.807, 2.05) is 56.2 Å². The number of benzene rings is 1. The van der Waals surface area contributed by atoms with Crippen molar-refractivity contribution in [3.05, 3.63) is 29.3 Å². The van der Waals surface area contributed by atoms with Crippen molar-refractivity contribution in [2.45, 2.75) is 26.9 Å². The summed E-state index contributed by atoms with van der Waals surface area (Å²) in [6.07, 6.45) is 0. The van der Waals surface area contributed by atoms with Gasteiger partial charge >= 0.3 is 147 Å². The molecule has 1 aromatic carbocycles. The molecule has 1 aromatic rings. The Morgan fingerprint density at radius 1 is 0.913 bits per heavy atom. The maximum absolute atomic E-state index is 11.5. The number of hydrogen-bond donors (Lipinski definition) is 0. The summed E-state index contributed by atoms with van der Waals surface area (Å²) in [5.74, 6) is -0.807. The van der Waals surface area contributed by atoms with Crippen LogP contribution in [0.1, 0.15) is 25.0 Å². The molecule has 0 aliphatic heterocycles. The van der Waals surface area contributed by atoms with Crippen molar-refractivity contribution in [3.63, 3.8) is 0 Å². The van der Waals surface area contributed by atoms with Gasteiger partial charge in [-0.2, -0.15) is 0 Å². The van der Waals surface area contributed by atoms with Crippen molar-refractivity contribution in [1.82, 2.24) is 9.80 Å². The molecular formula is C16H25BiN2O4. The molecule has 6 nitrogen and oxygen atoms in total. The van der Waals surface area contributed by atoms with Crippen LogP contribution < -0.4 is 3.27 Å². The van der Waals surface area contributed by atoms with E-state index in [9.17, 15) is 9.59 Å². The maximum atomic E-state index is 11.5. The molecule has 0 aliphatic rings. The van der Waals surface area contributed by atoms with Gasteiger partial charge < -0.3 is 0 Å². The van der Waals surface area contributed by atoms with E-state index in [0.717, 1.165) is 14.4 Å². The first-order valence-electron chi connectivity index (χ1n) is 7.28. The van der Waals surface area contributed by atoms with Crippen molar-refractivity contribution in [1.29, 1.82) is 0 Å². The van der Waals surface area contributed by atoms with Gasteiger partial charge in [-0.15, -0.1) is 0 Å². The Kier molecular flexibility index (Phi) is 8.10. The Labute approximate surface area is 147 Å². The Morgan fingerprint density at radius 2 is 1.30 bits per heavy atom. The molecule has 0 saturated carbocycles. The van der Waals surface area contributed by atoms with Crippen LogP contribution in [0.15, 0.2) is 18.2 Å². The van der Waals surface area contributed by atoms with Crippen LogP contribution in [0, 0.1) is 0 Å². The second kappa shape index (κ2) is 9.31. The third-order valence-corrected chi connectivity index (χ3v) is 9.72. The summed E-state index contributed by atoms with van der Waals surface area (Å²) >= 11 is -3.42. The zero-order chi connectivity index (χ0) is 17.6. The molecule has 0 aliphatic carbocycles. The van der Waals surface area contributed by atoms with Crippen LogP contribution in [-0.2, 0) is 28.3 Å². The van der Waals surface area contributed by atoms with E-state index in [0.29, 0.717) is 13.1 Å². The summed E-state index contributed by atoms with van der Waals surface area (Å²) in [5, 5.41) is 0. The zero-order valence-electron chi connectivity index (χ0n) is 14.6. The normalized spacial score (nSPS) is 11.2. The van der Waals surface area contributed by atoms with Crippen LogP contribution in [0.5, 0.6) is 0 Å². The first kappa shape index (κ1) is 20.0. The van der Waals surface area contributed by atoms with Crippen LogP contribution >= 0.6 is 0 Å². The molecule has 0 amide bonds. The summed E-state index contributed by atoms with van der Waals surface area (Å²) in [6.45, 7) is 4.11. The van der Waals surface area contributed by atoms with Crippen molar-refractivity contribution < 1.29 is 15.2 Å². The Hall–Kier alpha value is -1.04. The van der Waals surface area contributed by atoms with E-state index in [4.69, 9.17) is 5.63 Å². The zero-order valence-corrected chi connectivity index (χ0v) is 18.1. The third kappa shape index (κ3) is 6.94. The Bertz CT molecular complexity index is 517. The fourth-order valence-electron chi connectivity index (χ4n) is 2.16. The average Bonchev–Trinajstić information content (AvgIpc) is 2.35. The molecular weight excluding hydrogens is 493 g/mol. The molecule has 0 radical (unpaired) electrons. The Morgan fingerprint density at radius 3 is 1.61 bits per heavy atom. The number of rotatable bonds is 7. The quantitative estimate of drug-likeness (QED) is 0.494. The predicted octanol–water partition coefficient (Wildman–Crippen LogP) is 0.631. The van der Waals surface area contributed by atoms with E-state index >= 15 is 0 Å². The standard InChI is InChI=1S/C12H19N2.2C2H4O2.Bi/c1-13(2)9-11-6-5-7-12(8-11)10-14(3)4;2*1-2(3)4;/h5-7H,9-10H2,1-4H3;2*1H3,(H,3,4);/q;;;+2/p-2. The second-order valence-electron chi connectivity index (χ2n) is 5.82. The number of hydrogen-bond acceptors (Lipinski definition) is 6. The molecule has 0 atom stereocenters. The summed E-state index contributed by atoms with van der Waals surface area (Å²) in [6, 6.07) is 6.00. The summed E-state index contributed by atoms with van der Waals surface area (Å²) < 4.78 is 11.9. The monoisotopic (exact) mass is 518 g/mol. The SMILES string of the molecule is CC(=O)[O][Bi]([O]C(C)=O)[c]1c(CN(C)C)cccc1CN(C)C. The second-order valence-corrected chi connectivity index (χ2v) is 11.0. The molecule has 0 spiro atoms. The van der Waals surface area contributed by atoms with Crippen LogP contribution in [0.25, 0.3) is 0 Å². The summed E-state index contributed by atoms with van der Waals surface area (Å²) in [4.78, 5) is 27.1. The first-order chi connectivity index (χ1) is 10.7. The number of nitrogens with zero attached hydrogens (tertiary/aromatic N) is 2. The molecule has 0 saturated heterocycles.